The maximum absolute atomic E-state index is 5.56. The van der Waals surface area contributed by atoms with Crippen LogP contribution in [0.3, 0.4) is 0 Å². The lowest BCUT2D eigenvalue weighted by Gasteiger charge is -2.22. The fraction of sp³-hybridized carbons (Fsp3) is 0.333. The van der Waals surface area contributed by atoms with Gasteiger partial charge in [-0.3, -0.25) is 0 Å². The van der Waals surface area contributed by atoms with E-state index in [1.807, 2.05) is 6.07 Å². The highest BCUT2D eigenvalue weighted by Crippen LogP contribution is 2.42. The minimum Gasteiger partial charge on any atom is -0.454 e. The first-order chi connectivity index (χ1) is 14.7. The first-order valence-electron chi connectivity index (χ1n) is 10.9. The molecule has 3 nitrogen and oxygen atoms in total. The maximum Gasteiger partial charge on any atom is 0.231 e. The lowest BCUT2D eigenvalue weighted by Crippen LogP contribution is -2.21. The predicted octanol–water partition coefficient (Wildman–Crippen LogP) is 5.88. The van der Waals surface area contributed by atoms with Crippen molar-refractivity contribution in [3.63, 3.8) is 0 Å². The zero-order chi connectivity index (χ0) is 20.5. The fourth-order valence-corrected chi connectivity index (χ4v) is 4.97. The van der Waals surface area contributed by atoms with E-state index in [9.17, 15) is 0 Å². The molecule has 2 aliphatic rings. The largest absolute Gasteiger partial charge is 0.454 e. The minimum absolute atomic E-state index is 0.320. The SMILES string of the molecule is CC1Cc2cc(-c3ccc4c(c3)OCO4)ccc2C1CCN(C)Cc1ccccc1. The zero-order valence-corrected chi connectivity index (χ0v) is 17.8. The number of fused-ring (bicyclic) bond motifs is 2. The van der Waals surface area contributed by atoms with E-state index >= 15 is 0 Å². The smallest absolute Gasteiger partial charge is 0.231 e. The Balaban J connectivity index is 1.28. The predicted molar refractivity (Wildman–Crippen MR) is 121 cm³/mol. The monoisotopic (exact) mass is 399 g/mol. The van der Waals surface area contributed by atoms with Crippen molar-refractivity contribution < 1.29 is 9.47 Å². The van der Waals surface area contributed by atoms with Gasteiger partial charge in [0.15, 0.2) is 11.5 Å². The summed E-state index contributed by atoms with van der Waals surface area (Å²) in [5.74, 6) is 3.02. The van der Waals surface area contributed by atoms with E-state index in [1.165, 1.54) is 35.1 Å². The number of benzene rings is 3. The summed E-state index contributed by atoms with van der Waals surface area (Å²) >= 11 is 0. The second-order valence-electron chi connectivity index (χ2n) is 8.78. The van der Waals surface area contributed by atoms with Crippen LogP contribution >= 0.6 is 0 Å². The Kier molecular flexibility index (Phi) is 5.22. The first-order valence-corrected chi connectivity index (χ1v) is 10.9. The van der Waals surface area contributed by atoms with Gasteiger partial charge in [0.2, 0.25) is 6.79 Å². The number of nitrogens with zero attached hydrogens (tertiary/aromatic N) is 1. The first kappa shape index (κ1) is 19.2. The van der Waals surface area contributed by atoms with E-state index in [2.05, 4.69) is 79.5 Å². The summed E-state index contributed by atoms with van der Waals surface area (Å²) in [6.07, 6.45) is 2.38. The number of ether oxygens (including phenoxy) is 2. The Bertz CT molecular complexity index is 1030. The molecule has 1 aliphatic heterocycles. The van der Waals surface area contributed by atoms with Gasteiger partial charge in [-0.1, -0.05) is 61.5 Å². The van der Waals surface area contributed by atoms with Crippen molar-refractivity contribution in [1.82, 2.24) is 4.90 Å². The van der Waals surface area contributed by atoms with E-state index in [1.54, 1.807) is 5.56 Å². The standard InChI is InChI=1S/C27H29NO2/c1-19-14-23-15-21(22-9-11-26-27(16-22)30-18-29-26)8-10-25(23)24(19)12-13-28(2)17-20-6-4-3-5-7-20/h3-11,15-16,19,24H,12-14,17-18H2,1-2H3. The van der Waals surface area contributed by atoms with Crippen molar-refractivity contribution in [1.29, 1.82) is 0 Å². The van der Waals surface area contributed by atoms with Gasteiger partial charge in [-0.05, 0) is 78.2 Å². The molecule has 0 amide bonds. The fourth-order valence-electron chi connectivity index (χ4n) is 4.97. The van der Waals surface area contributed by atoms with E-state index < -0.39 is 0 Å². The van der Waals surface area contributed by atoms with Crippen LogP contribution in [-0.4, -0.2) is 25.3 Å². The van der Waals surface area contributed by atoms with Crippen molar-refractivity contribution in [3.8, 4) is 22.6 Å². The highest BCUT2D eigenvalue weighted by atomic mass is 16.7. The summed E-state index contributed by atoms with van der Waals surface area (Å²) in [5, 5.41) is 0. The van der Waals surface area contributed by atoms with E-state index in [4.69, 9.17) is 9.47 Å². The molecular formula is C27H29NO2. The molecule has 1 aliphatic carbocycles. The van der Waals surface area contributed by atoms with Crippen LogP contribution in [0.1, 0.15) is 36.0 Å². The number of hydrogen-bond donors (Lipinski definition) is 0. The molecule has 0 N–H and O–H groups in total. The van der Waals surface area contributed by atoms with Crippen LogP contribution in [0, 0.1) is 5.92 Å². The van der Waals surface area contributed by atoms with Crippen LogP contribution in [0.2, 0.25) is 0 Å². The highest BCUT2D eigenvalue weighted by Gasteiger charge is 2.29. The molecule has 0 saturated heterocycles. The average Bonchev–Trinajstić information content (AvgIpc) is 3.35. The quantitative estimate of drug-likeness (QED) is 0.517. The molecule has 1 heterocycles. The van der Waals surface area contributed by atoms with Gasteiger partial charge in [-0.2, -0.15) is 0 Å². The molecule has 2 atom stereocenters. The lowest BCUT2D eigenvalue weighted by atomic mass is 9.90. The Hall–Kier alpha value is -2.78. The molecule has 0 fully saturated rings. The molecule has 154 valence electrons. The molecule has 3 aromatic carbocycles. The van der Waals surface area contributed by atoms with Gasteiger partial charge in [-0.25, -0.2) is 0 Å². The van der Waals surface area contributed by atoms with Crippen LogP contribution in [0.5, 0.6) is 11.5 Å². The lowest BCUT2D eigenvalue weighted by molar-refractivity contribution is 0.174. The normalized spacial score (nSPS) is 19.3. The highest BCUT2D eigenvalue weighted by molar-refractivity contribution is 5.69. The minimum atomic E-state index is 0.320. The van der Waals surface area contributed by atoms with Crippen molar-refractivity contribution >= 4 is 0 Å². The van der Waals surface area contributed by atoms with Gasteiger partial charge in [-0.15, -0.1) is 0 Å². The molecule has 5 rings (SSSR count). The summed E-state index contributed by atoms with van der Waals surface area (Å²) in [7, 11) is 2.23. The molecule has 30 heavy (non-hydrogen) atoms. The van der Waals surface area contributed by atoms with Crippen molar-refractivity contribution in [3.05, 3.63) is 83.4 Å². The molecule has 3 heteroatoms. The van der Waals surface area contributed by atoms with Gasteiger partial charge >= 0.3 is 0 Å². The van der Waals surface area contributed by atoms with Gasteiger partial charge in [0.25, 0.3) is 0 Å². The second-order valence-corrected chi connectivity index (χ2v) is 8.78. The summed E-state index contributed by atoms with van der Waals surface area (Å²) < 4.78 is 11.0. The van der Waals surface area contributed by atoms with Crippen LogP contribution < -0.4 is 9.47 Å². The van der Waals surface area contributed by atoms with Gasteiger partial charge < -0.3 is 14.4 Å². The van der Waals surface area contributed by atoms with E-state index in [0.29, 0.717) is 18.6 Å². The van der Waals surface area contributed by atoms with Gasteiger partial charge in [0.05, 0.1) is 0 Å². The summed E-state index contributed by atoms with van der Waals surface area (Å²) in [6.45, 7) is 4.86. The summed E-state index contributed by atoms with van der Waals surface area (Å²) in [4.78, 5) is 2.45. The third kappa shape index (κ3) is 3.82. The molecule has 0 bridgehead atoms. The van der Waals surface area contributed by atoms with E-state index in [-0.39, 0.29) is 0 Å². The number of hydrogen-bond acceptors (Lipinski definition) is 3. The maximum atomic E-state index is 5.56. The average molecular weight is 400 g/mol. The molecule has 0 aromatic heterocycles. The Morgan fingerprint density at radius 3 is 2.53 bits per heavy atom. The second kappa shape index (κ2) is 8.16. The van der Waals surface area contributed by atoms with Crippen LogP contribution in [0.25, 0.3) is 11.1 Å². The van der Waals surface area contributed by atoms with Gasteiger partial charge in [0.1, 0.15) is 0 Å². The topological polar surface area (TPSA) is 21.7 Å². The van der Waals surface area contributed by atoms with Crippen LogP contribution in [0.4, 0.5) is 0 Å². The van der Waals surface area contributed by atoms with Crippen LogP contribution in [-0.2, 0) is 13.0 Å². The molecule has 0 saturated carbocycles. The van der Waals surface area contributed by atoms with Crippen molar-refractivity contribution in [2.45, 2.75) is 32.2 Å². The Morgan fingerprint density at radius 2 is 1.67 bits per heavy atom. The summed E-state index contributed by atoms with van der Waals surface area (Å²) in [5.41, 5.74) is 6.89. The van der Waals surface area contributed by atoms with Gasteiger partial charge in [0, 0.05) is 6.54 Å². The third-order valence-corrected chi connectivity index (χ3v) is 6.59. The van der Waals surface area contributed by atoms with E-state index in [0.717, 1.165) is 24.6 Å². The third-order valence-electron chi connectivity index (χ3n) is 6.59. The zero-order valence-electron chi connectivity index (χ0n) is 17.8. The molecular weight excluding hydrogens is 370 g/mol. The molecule has 0 radical (unpaired) electrons. The number of rotatable bonds is 6. The Labute approximate surface area is 179 Å². The van der Waals surface area contributed by atoms with Crippen molar-refractivity contribution in [2.24, 2.45) is 5.92 Å². The van der Waals surface area contributed by atoms with Crippen LogP contribution in [0.15, 0.2) is 66.7 Å². The Morgan fingerprint density at radius 1 is 0.900 bits per heavy atom. The molecule has 3 aromatic rings. The summed E-state index contributed by atoms with van der Waals surface area (Å²) in [6, 6.07) is 24.0. The molecule has 2 unspecified atom stereocenters. The van der Waals surface area contributed by atoms with Crippen molar-refractivity contribution in [2.75, 3.05) is 20.4 Å². The molecule has 0 spiro atoms.